The summed E-state index contributed by atoms with van der Waals surface area (Å²) in [5.41, 5.74) is -0.757. The topological polar surface area (TPSA) is 79.5 Å². The van der Waals surface area contributed by atoms with Crippen molar-refractivity contribution in [1.29, 1.82) is 0 Å². The highest BCUT2D eigenvalue weighted by molar-refractivity contribution is 5.82. The van der Waals surface area contributed by atoms with Crippen LogP contribution in [-0.2, 0) is 26.9 Å². The molecule has 2 N–H and O–H groups in total. The van der Waals surface area contributed by atoms with Crippen molar-refractivity contribution in [3.05, 3.63) is 42.2 Å². The first-order valence-electron chi connectivity index (χ1n) is 10.2. The Kier molecular flexibility index (Phi) is 6.31. The lowest BCUT2D eigenvalue weighted by molar-refractivity contribution is -0.136. The van der Waals surface area contributed by atoms with Crippen LogP contribution in [0.4, 0.5) is 13.2 Å². The molecule has 1 aromatic heterocycles. The van der Waals surface area contributed by atoms with Gasteiger partial charge in [0, 0.05) is 25.7 Å². The number of nitrogens with one attached hydrogen (secondary N) is 2. The average molecular weight is 438 g/mol. The highest BCUT2D eigenvalue weighted by Gasteiger charge is 2.39. The van der Waals surface area contributed by atoms with E-state index in [-0.39, 0.29) is 41.3 Å². The molecule has 1 aromatic carbocycles. The highest BCUT2D eigenvalue weighted by atomic mass is 19.4. The van der Waals surface area contributed by atoms with E-state index in [0.29, 0.717) is 32.3 Å². The Bertz CT molecular complexity index is 940. The summed E-state index contributed by atoms with van der Waals surface area (Å²) in [7, 11) is 0. The van der Waals surface area contributed by atoms with E-state index >= 15 is 0 Å². The number of halogens is 3. The van der Waals surface area contributed by atoms with Crippen LogP contribution in [0.25, 0.3) is 11.0 Å². The second-order valence-corrected chi connectivity index (χ2v) is 7.87. The molecule has 3 heterocycles. The zero-order valence-corrected chi connectivity index (χ0v) is 17.0. The minimum Gasteiger partial charge on any atom is -0.380 e. The number of likely N-dealkylation sites (tertiary alicyclic amines) is 1. The number of fused-ring (bicyclic) bond motifs is 1. The first-order chi connectivity index (χ1) is 14.8. The SMILES string of the molecule is C=CCO[C@H]1CN(C2CCOC2)CC1NC(=O)Cc1nc2c(C(F)(F)F)cccc2[nH]1. The predicted molar refractivity (Wildman–Crippen MR) is 107 cm³/mol. The van der Waals surface area contributed by atoms with Crippen LogP contribution in [0.5, 0.6) is 0 Å². The van der Waals surface area contributed by atoms with Crippen molar-refractivity contribution >= 4 is 16.9 Å². The van der Waals surface area contributed by atoms with Crippen LogP contribution in [0.1, 0.15) is 17.8 Å². The monoisotopic (exact) mass is 438 g/mol. The molecular formula is C21H25F3N4O3. The molecule has 1 amide bonds. The lowest BCUT2D eigenvalue weighted by Gasteiger charge is -2.21. The number of para-hydroxylation sites is 1. The van der Waals surface area contributed by atoms with E-state index < -0.39 is 11.7 Å². The number of aromatic nitrogens is 2. The van der Waals surface area contributed by atoms with Crippen LogP contribution in [0.3, 0.4) is 0 Å². The van der Waals surface area contributed by atoms with Gasteiger partial charge in [-0.3, -0.25) is 9.69 Å². The number of carbonyl (C=O) groups is 1. The molecule has 2 unspecified atom stereocenters. The van der Waals surface area contributed by atoms with Gasteiger partial charge in [0.15, 0.2) is 0 Å². The molecule has 168 valence electrons. The molecule has 0 radical (unpaired) electrons. The van der Waals surface area contributed by atoms with E-state index in [1.165, 1.54) is 12.1 Å². The molecule has 2 aromatic rings. The maximum atomic E-state index is 13.2. The van der Waals surface area contributed by atoms with Gasteiger partial charge < -0.3 is 19.8 Å². The van der Waals surface area contributed by atoms with Gasteiger partial charge in [0.25, 0.3) is 0 Å². The van der Waals surface area contributed by atoms with Crippen molar-refractivity contribution in [1.82, 2.24) is 20.2 Å². The van der Waals surface area contributed by atoms with E-state index in [1.54, 1.807) is 6.08 Å². The van der Waals surface area contributed by atoms with Crippen LogP contribution < -0.4 is 5.32 Å². The number of alkyl halides is 3. The molecule has 3 atom stereocenters. The lowest BCUT2D eigenvalue weighted by atomic mass is 10.2. The molecule has 4 rings (SSSR count). The quantitative estimate of drug-likeness (QED) is 0.649. The first-order valence-corrected chi connectivity index (χ1v) is 10.2. The van der Waals surface area contributed by atoms with Crippen LogP contribution in [0.2, 0.25) is 0 Å². The predicted octanol–water partition coefficient (Wildman–Crippen LogP) is 2.28. The van der Waals surface area contributed by atoms with E-state index in [4.69, 9.17) is 9.47 Å². The van der Waals surface area contributed by atoms with Gasteiger partial charge in [0.1, 0.15) is 11.3 Å². The third-order valence-electron chi connectivity index (χ3n) is 5.69. The summed E-state index contributed by atoms with van der Waals surface area (Å²) in [4.78, 5) is 21.8. The van der Waals surface area contributed by atoms with Gasteiger partial charge in [0.05, 0.1) is 42.9 Å². The van der Waals surface area contributed by atoms with Crippen LogP contribution in [0, 0.1) is 0 Å². The summed E-state index contributed by atoms with van der Waals surface area (Å²) in [6.07, 6.45) is -2.26. The minimum atomic E-state index is -4.51. The number of nitrogens with zero attached hydrogens (tertiary/aromatic N) is 2. The summed E-state index contributed by atoms with van der Waals surface area (Å²) < 4.78 is 50.9. The molecule has 7 nitrogen and oxygen atoms in total. The van der Waals surface area contributed by atoms with Gasteiger partial charge in [-0.15, -0.1) is 6.58 Å². The van der Waals surface area contributed by atoms with Gasteiger partial charge in [-0.2, -0.15) is 13.2 Å². The Hall–Kier alpha value is -2.43. The van der Waals surface area contributed by atoms with Crippen molar-refractivity contribution in [3.63, 3.8) is 0 Å². The van der Waals surface area contributed by atoms with Crippen LogP contribution in [-0.4, -0.2) is 71.9 Å². The first kappa shape index (κ1) is 21.8. The number of aromatic amines is 1. The van der Waals surface area contributed by atoms with E-state index in [2.05, 4.69) is 26.8 Å². The molecule has 2 fully saturated rings. The largest absolute Gasteiger partial charge is 0.418 e. The number of hydrogen-bond donors (Lipinski definition) is 2. The van der Waals surface area contributed by atoms with Crippen LogP contribution >= 0.6 is 0 Å². The fraction of sp³-hybridized carbons (Fsp3) is 0.524. The number of H-pyrrole nitrogens is 1. The van der Waals surface area contributed by atoms with E-state index in [9.17, 15) is 18.0 Å². The normalized spacial score (nSPS) is 24.7. The fourth-order valence-electron chi connectivity index (χ4n) is 4.22. The maximum absolute atomic E-state index is 13.2. The van der Waals surface area contributed by atoms with Crippen molar-refractivity contribution in [2.75, 3.05) is 32.9 Å². The molecule has 2 aliphatic heterocycles. The fourth-order valence-corrected chi connectivity index (χ4v) is 4.22. The number of rotatable bonds is 7. The average Bonchev–Trinajstić information content (AvgIpc) is 3.44. The van der Waals surface area contributed by atoms with Crippen molar-refractivity contribution in [2.24, 2.45) is 0 Å². The smallest absolute Gasteiger partial charge is 0.380 e. The second-order valence-electron chi connectivity index (χ2n) is 7.87. The van der Waals surface area contributed by atoms with Crippen molar-refractivity contribution in [2.45, 2.75) is 37.2 Å². The zero-order chi connectivity index (χ0) is 22.0. The van der Waals surface area contributed by atoms with E-state index in [1.807, 2.05) is 0 Å². The number of amides is 1. The molecule has 10 heteroatoms. The number of imidazole rings is 1. The molecule has 2 aliphatic rings. The number of carbonyl (C=O) groups excluding carboxylic acids is 1. The summed E-state index contributed by atoms with van der Waals surface area (Å²) in [6.45, 7) is 6.72. The Labute approximate surface area is 177 Å². The molecule has 2 saturated heterocycles. The van der Waals surface area contributed by atoms with Gasteiger partial charge in [-0.1, -0.05) is 12.1 Å². The van der Waals surface area contributed by atoms with Gasteiger partial charge in [-0.25, -0.2) is 4.98 Å². The molecule has 0 saturated carbocycles. The third-order valence-corrected chi connectivity index (χ3v) is 5.69. The molecule has 0 bridgehead atoms. The second kappa shape index (κ2) is 8.97. The number of hydrogen-bond acceptors (Lipinski definition) is 5. The minimum absolute atomic E-state index is 0.150. The van der Waals surface area contributed by atoms with Crippen molar-refractivity contribution < 1.29 is 27.4 Å². The maximum Gasteiger partial charge on any atom is 0.418 e. The Morgan fingerprint density at radius 3 is 2.97 bits per heavy atom. The number of ether oxygens (including phenoxy) is 2. The summed E-state index contributed by atoms with van der Waals surface area (Å²) in [6, 6.07) is 3.87. The number of benzene rings is 1. The van der Waals surface area contributed by atoms with E-state index in [0.717, 1.165) is 19.1 Å². The van der Waals surface area contributed by atoms with Gasteiger partial charge in [-0.05, 0) is 18.6 Å². The lowest BCUT2D eigenvalue weighted by Crippen LogP contribution is -2.45. The molecule has 31 heavy (non-hydrogen) atoms. The van der Waals surface area contributed by atoms with Crippen molar-refractivity contribution in [3.8, 4) is 0 Å². The van der Waals surface area contributed by atoms with Gasteiger partial charge >= 0.3 is 6.18 Å². The Balaban J connectivity index is 1.43. The zero-order valence-electron chi connectivity index (χ0n) is 17.0. The molecular weight excluding hydrogens is 413 g/mol. The highest BCUT2D eigenvalue weighted by Crippen LogP contribution is 2.33. The van der Waals surface area contributed by atoms with Gasteiger partial charge in [0.2, 0.25) is 5.91 Å². The standard InChI is InChI=1S/C21H25F3N4O3/c1-2-7-31-17-11-28(13-6-8-30-12-13)10-16(17)26-19(29)9-18-25-15-5-3-4-14(20(15)27-18)21(22,23)24/h2-5,13,16-17H,1,6-12H2,(H,25,27)(H,26,29)/t13?,16?,17-/m0/s1. The third kappa shape index (κ3) is 4.91. The summed E-state index contributed by atoms with van der Waals surface area (Å²) in [5, 5.41) is 2.97. The Morgan fingerprint density at radius 2 is 2.26 bits per heavy atom. The summed E-state index contributed by atoms with van der Waals surface area (Å²) >= 11 is 0. The van der Waals surface area contributed by atoms with Crippen LogP contribution in [0.15, 0.2) is 30.9 Å². The Morgan fingerprint density at radius 1 is 1.42 bits per heavy atom. The molecule has 0 spiro atoms. The molecule has 0 aliphatic carbocycles. The summed E-state index contributed by atoms with van der Waals surface area (Å²) in [5.74, 6) is -0.138.